The first-order valence-electron chi connectivity index (χ1n) is 7.31. The molecule has 0 radical (unpaired) electrons. The van der Waals surface area contributed by atoms with Gasteiger partial charge in [-0.2, -0.15) is 4.98 Å². The molecule has 1 amide bonds. The van der Waals surface area contributed by atoms with Crippen LogP contribution in [0.3, 0.4) is 0 Å². The molecule has 0 aliphatic heterocycles. The lowest BCUT2D eigenvalue weighted by atomic mass is 10.0. The van der Waals surface area contributed by atoms with Crippen molar-refractivity contribution in [2.45, 2.75) is 38.6 Å². The standard InChI is InChI=1S/C15H18N4O2/c20-13(9-11-3-1-2-4-11)17-10-14-18-15(19-21-14)12-5-7-16-8-6-12/h5-8,11H,1-4,9-10H2,(H,17,20). The summed E-state index contributed by atoms with van der Waals surface area (Å²) in [5.41, 5.74) is 0.845. The molecule has 0 aromatic carbocycles. The monoisotopic (exact) mass is 286 g/mol. The summed E-state index contributed by atoms with van der Waals surface area (Å²) in [5.74, 6) is 1.53. The Kier molecular flexibility index (Phi) is 4.23. The van der Waals surface area contributed by atoms with Gasteiger partial charge in [0.1, 0.15) is 0 Å². The number of amides is 1. The second-order valence-corrected chi connectivity index (χ2v) is 5.38. The lowest BCUT2D eigenvalue weighted by molar-refractivity contribution is -0.122. The quantitative estimate of drug-likeness (QED) is 0.912. The summed E-state index contributed by atoms with van der Waals surface area (Å²) < 4.78 is 5.14. The molecule has 0 bridgehead atoms. The fourth-order valence-corrected chi connectivity index (χ4v) is 2.67. The van der Waals surface area contributed by atoms with Crippen molar-refractivity contribution in [1.29, 1.82) is 0 Å². The van der Waals surface area contributed by atoms with Crippen LogP contribution in [-0.2, 0) is 11.3 Å². The Morgan fingerprint density at radius 1 is 1.29 bits per heavy atom. The number of nitrogens with zero attached hydrogens (tertiary/aromatic N) is 3. The molecular weight excluding hydrogens is 268 g/mol. The Morgan fingerprint density at radius 2 is 2.05 bits per heavy atom. The summed E-state index contributed by atoms with van der Waals surface area (Å²) in [6.07, 6.45) is 8.78. The molecule has 6 nitrogen and oxygen atoms in total. The van der Waals surface area contributed by atoms with E-state index in [1.165, 1.54) is 25.7 Å². The van der Waals surface area contributed by atoms with Gasteiger partial charge in [0, 0.05) is 24.4 Å². The van der Waals surface area contributed by atoms with E-state index >= 15 is 0 Å². The van der Waals surface area contributed by atoms with Crippen LogP contribution in [-0.4, -0.2) is 21.0 Å². The van der Waals surface area contributed by atoms with Crippen molar-refractivity contribution in [2.75, 3.05) is 0 Å². The Hall–Kier alpha value is -2.24. The molecule has 21 heavy (non-hydrogen) atoms. The molecule has 2 heterocycles. The zero-order valence-electron chi connectivity index (χ0n) is 11.8. The van der Waals surface area contributed by atoms with Crippen LogP contribution in [0.5, 0.6) is 0 Å². The number of nitrogens with one attached hydrogen (secondary N) is 1. The highest BCUT2D eigenvalue weighted by Gasteiger charge is 2.18. The summed E-state index contributed by atoms with van der Waals surface area (Å²) >= 11 is 0. The van der Waals surface area contributed by atoms with Crippen molar-refractivity contribution in [1.82, 2.24) is 20.4 Å². The van der Waals surface area contributed by atoms with Crippen LogP contribution in [0.1, 0.15) is 38.0 Å². The molecule has 6 heteroatoms. The minimum atomic E-state index is 0.0607. The number of hydrogen-bond donors (Lipinski definition) is 1. The Morgan fingerprint density at radius 3 is 2.81 bits per heavy atom. The fourth-order valence-electron chi connectivity index (χ4n) is 2.67. The smallest absolute Gasteiger partial charge is 0.246 e. The zero-order chi connectivity index (χ0) is 14.5. The number of rotatable bonds is 5. The van der Waals surface area contributed by atoms with Gasteiger partial charge in [0.2, 0.25) is 17.6 Å². The zero-order valence-corrected chi connectivity index (χ0v) is 11.8. The maximum absolute atomic E-state index is 11.8. The molecular formula is C15H18N4O2. The van der Waals surface area contributed by atoms with Crippen LogP contribution in [0.4, 0.5) is 0 Å². The molecule has 2 aromatic heterocycles. The molecule has 2 aromatic rings. The molecule has 0 atom stereocenters. The molecule has 1 saturated carbocycles. The molecule has 110 valence electrons. The van der Waals surface area contributed by atoms with Gasteiger partial charge in [-0.15, -0.1) is 0 Å². The molecule has 0 spiro atoms. The Balaban J connectivity index is 1.51. The van der Waals surface area contributed by atoms with Crippen LogP contribution < -0.4 is 5.32 Å². The number of carbonyl (C=O) groups is 1. The highest BCUT2D eigenvalue weighted by molar-refractivity contribution is 5.76. The van der Waals surface area contributed by atoms with Gasteiger partial charge in [-0.05, 0) is 30.9 Å². The van der Waals surface area contributed by atoms with Gasteiger partial charge in [0.15, 0.2) is 0 Å². The third-order valence-corrected chi connectivity index (χ3v) is 3.79. The predicted molar refractivity (Wildman–Crippen MR) is 76.0 cm³/mol. The second kappa shape index (κ2) is 6.47. The first kappa shape index (κ1) is 13.7. The lowest BCUT2D eigenvalue weighted by Gasteiger charge is -2.07. The number of carbonyl (C=O) groups excluding carboxylic acids is 1. The maximum atomic E-state index is 11.8. The van der Waals surface area contributed by atoms with Crippen LogP contribution in [0.25, 0.3) is 11.4 Å². The summed E-state index contributed by atoms with van der Waals surface area (Å²) in [7, 11) is 0. The Labute approximate surface area is 123 Å². The van der Waals surface area contributed by atoms with E-state index in [1.54, 1.807) is 12.4 Å². The molecule has 3 rings (SSSR count). The average Bonchev–Trinajstić information content (AvgIpc) is 3.17. The van der Waals surface area contributed by atoms with Crippen molar-refractivity contribution in [3.8, 4) is 11.4 Å². The summed E-state index contributed by atoms with van der Waals surface area (Å²) in [6.45, 7) is 0.281. The van der Waals surface area contributed by atoms with Gasteiger partial charge >= 0.3 is 0 Å². The van der Waals surface area contributed by atoms with Crippen molar-refractivity contribution >= 4 is 5.91 Å². The minimum Gasteiger partial charge on any atom is -0.347 e. The topological polar surface area (TPSA) is 80.9 Å². The second-order valence-electron chi connectivity index (χ2n) is 5.38. The van der Waals surface area contributed by atoms with Gasteiger partial charge in [0.05, 0.1) is 6.54 Å². The fraction of sp³-hybridized carbons (Fsp3) is 0.467. The molecule has 1 N–H and O–H groups in total. The van der Waals surface area contributed by atoms with Crippen molar-refractivity contribution in [3.63, 3.8) is 0 Å². The van der Waals surface area contributed by atoms with E-state index in [0.29, 0.717) is 24.1 Å². The van der Waals surface area contributed by atoms with E-state index < -0.39 is 0 Å². The predicted octanol–water partition coefficient (Wildman–Crippen LogP) is 2.33. The van der Waals surface area contributed by atoms with Crippen LogP contribution in [0.15, 0.2) is 29.0 Å². The highest BCUT2D eigenvalue weighted by atomic mass is 16.5. The molecule has 1 aliphatic rings. The van der Waals surface area contributed by atoms with Crippen LogP contribution in [0.2, 0.25) is 0 Å². The van der Waals surface area contributed by atoms with E-state index in [4.69, 9.17) is 4.52 Å². The van der Waals surface area contributed by atoms with Gasteiger partial charge in [-0.1, -0.05) is 18.0 Å². The average molecular weight is 286 g/mol. The molecule has 0 saturated heterocycles. The van der Waals surface area contributed by atoms with Crippen molar-refractivity contribution < 1.29 is 9.32 Å². The van der Waals surface area contributed by atoms with E-state index in [0.717, 1.165) is 5.56 Å². The SMILES string of the molecule is O=C(CC1CCCC1)NCc1nc(-c2ccncc2)no1. The molecule has 1 fully saturated rings. The third-order valence-electron chi connectivity index (χ3n) is 3.79. The highest BCUT2D eigenvalue weighted by Crippen LogP contribution is 2.27. The van der Waals surface area contributed by atoms with Gasteiger partial charge in [0.25, 0.3) is 0 Å². The summed E-state index contributed by atoms with van der Waals surface area (Å²) in [5, 5.41) is 6.75. The van der Waals surface area contributed by atoms with Gasteiger partial charge in [-0.25, -0.2) is 0 Å². The maximum Gasteiger partial charge on any atom is 0.246 e. The van der Waals surface area contributed by atoms with E-state index in [1.807, 2.05) is 12.1 Å². The third kappa shape index (κ3) is 3.65. The van der Waals surface area contributed by atoms with Crippen LogP contribution in [0, 0.1) is 5.92 Å². The van der Waals surface area contributed by atoms with E-state index in [2.05, 4.69) is 20.4 Å². The minimum absolute atomic E-state index is 0.0607. The number of aromatic nitrogens is 3. The first-order chi connectivity index (χ1) is 10.3. The Bertz CT molecular complexity index is 591. The van der Waals surface area contributed by atoms with Crippen molar-refractivity contribution in [2.24, 2.45) is 5.92 Å². The largest absolute Gasteiger partial charge is 0.347 e. The summed E-state index contributed by atoms with van der Waals surface area (Å²) in [6, 6.07) is 3.63. The van der Waals surface area contributed by atoms with E-state index in [-0.39, 0.29) is 12.5 Å². The van der Waals surface area contributed by atoms with Gasteiger partial charge < -0.3 is 9.84 Å². The normalized spacial score (nSPS) is 15.2. The number of hydrogen-bond acceptors (Lipinski definition) is 5. The molecule has 0 unspecified atom stereocenters. The summed E-state index contributed by atoms with van der Waals surface area (Å²) in [4.78, 5) is 20.0. The molecule has 1 aliphatic carbocycles. The van der Waals surface area contributed by atoms with Gasteiger partial charge in [-0.3, -0.25) is 9.78 Å². The van der Waals surface area contributed by atoms with Crippen LogP contribution >= 0.6 is 0 Å². The first-order valence-corrected chi connectivity index (χ1v) is 7.31. The van der Waals surface area contributed by atoms with Crippen molar-refractivity contribution in [3.05, 3.63) is 30.4 Å². The van der Waals surface area contributed by atoms with E-state index in [9.17, 15) is 4.79 Å². The lowest BCUT2D eigenvalue weighted by Crippen LogP contribution is -2.24. The number of pyridine rings is 1.